The van der Waals surface area contributed by atoms with Gasteiger partial charge in [0.15, 0.2) is 0 Å². The number of hydrogen-bond donors (Lipinski definition) is 3. The van der Waals surface area contributed by atoms with Crippen LogP contribution < -0.4 is 16.8 Å². The molecular formula is C15H20N6. The van der Waals surface area contributed by atoms with Crippen LogP contribution >= 0.6 is 0 Å². The predicted octanol–water partition coefficient (Wildman–Crippen LogP) is 2.38. The lowest BCUT2D eigenvalue weighted by Crippen LogP contribution is -2.24. The van der Waals surface area contributed by atoms with Crippen molar-refractivity contribution < 1.29 is 0 Å². The summed E-state index contributed by atoms with van der Waals surface area (Å²) in [5, 5.41) is 16.9. The zero-order valence-corrected chi connectivity index (χ0v) is 12.7. The second kappa shape index (κ2) is 5.02. The van der Waals surface area contributed by atoms with E-state index in [1.165, 1.54) is 0 Å². The Kier molecular flexibility index (Phi) is 3.52. The Hall–Kier alpha value is -2.68. The quantitative estimate of drug-likeness (QED) is 0.734. The van der Waals surface area contributed by atoms with Crippen molar-refractivity contribution in [2.24, 2.45) is 0 Å². The van der Waals surface area contributed by atoms with Crippen LogP contribution in [0, 0.1) is 11.3 Å². The zero-order chi connectivity index (χ0) is 15.8. The topological polar surface area (TPSA) is 106 Å². The van der Waals surface area contributed by atoms with Gasteiger partial charge in [0.05, 0.1) is 16.9 Å². The van der Waals surface area contributed by atoms with Crippen LogP contribution in [0.1, 0.15) is 26.3 Å². The van der Waals surface area contributed by atoms with Gasteiger partial charge in [-0.2, -0.15) is 10.4 Å². The number of hydrogen-bond acceptors (Lipinski definition) is 5. The first-order valence-corrected chi connectivity index (χ1v) is 6.66. The number of rotatable bonds is 2. The van der Waals surface area contributed by atoms with E-state index in [2.05, 4.69) is 16.5 Å². The second-order valence-electron chi connectivity index (χ2n) is 5.86. The minimum Gasteiger partial charge on any atom is -0.397 e. The van der Waals surface area contributed by atoms with E-state index < -0.39 is 0 Å². The number of nitriles is 1. The molecule has 6 heteroatoms. The molecule has 0 aliphatic rings. The maximum Gasteiger partial charge on any atom is 0.141 e. The molecule has 0 radical (unpaired) electrons. The van der Waals surface area contributed by atoms with Gasteiger partial charge in [-0.1, -0.05) is 6.07 Å². The highest BCUT2D eigenvalue weighted by atomic mass is 15.3. The van der Waals surface area contributed by atoms with Crippen molar-refractivity contribution in [2.45, 2.75) is 26.3 Å². The van der Waals surface area contributed by atoms with E-state index >= 15 is 0 Å². The van der Waals surface area contributed by atoms with Crippen molar-refractivity contribution in [2.75, 3.05) is 23.8 Å². The smallest absolute Gasteiger partial charge is 0.141 e. The largest absolute Gasteiger partial charge is 0.397 e. The van der Waals surface area contributed by atoms with E-state index in [0.29, 0.717) is 22.8 Å². The molecule has 1 heterocycles. The number of aromatic nitrogens is 2. The SMILES string of the molecule is CNc1ccc(-c2nn(C(C)(C)C)c(N)c2C#N)cc1N. The van der Waals surface area contributed by atoms with Gasteiger partial charge in [0, 0.05) is 12.6 Å². The molecule has 110 valence electrons. The molecule has 0 aliphatic heterocycles. The summed E-state index contributed by atoms with van der Waals surface area (Å²) in [6.07, 6.45) is 0. The van der Waals surface area contributed by atoms with Crippen LogP contribution in [0.4, 0.5) is 17.2 Å². The molecule has 1 aromatic carbocycles. The lowest BCUT2D eigenvalue weighted by Gasteiger charge is -2.20. The molecule has 0 saturated heterocycles. The van der Waals surface area contributed by atoms with E-state index in [9.17, 15) is 5.26 Å². The molecule has 0 saturated carbocycles. The number of nitrogens with one attached hydrogen (secondary N) is 1. The summed E-state index contributed by atoms with van der Waals surface area (Å²) in [6.45, 7) is 5.96. The monoisotopic (exact) mass is 284 g/mol. The van der Waals surface area contributed by atoms with Gasteiger partial charge in [-0.3, -0.25) is 0 Å². The van der Waals surface area contributed by atoms with Crippen LogP contribution in [0.2, 0.25) is 0 Å². The third-order valence-corrected chi connectivity index (χ3v) is 3.26. The highest BCUT2D eigenvalue weighted by Crippen LogP contribution is 2.32. The summed E-state index contributed by atoms with van der Waals surface area (Å²) >= 11 is 0. The van der Waals surface area contributed by atoms with Crippen LogP contribution in [0.25, 0.3) is 11.3 Å². The molecule has 2 aromatic rings. The average molecular weight is 284 g/mol. The Morgan fingerprint density at radius 3 is 2.43 bits per heavy atom. The molecule has 0 atom stereocenters. The van der Waals surface area contributed by atoms with Gasteiger partial charge in [-0.15, -0.1) is 0 Å². The Bertz CT molecular complexity index is 715. The molecule has 0 fully saturated rings. The van der Waals surface area contributed by atoms with Gasteiger partial charge in [-0.25, -0.2) is 4.68 Å². The predicted molar refractivity (Wildman–Crippen MR) is 85.7 cm³/mol. The van der Waals surface area contributed by atoms with Crippen molar-refractivity contribution in [3.05, 3.63) is 23.8 Å². The molecule has 0 amide bonds. The van der Waals surface area contributed by atoms with Gasteiger partial charge in [-0.05, 0) is 32.9 Å². The van der Waals surface area contributed by atoms with Gasteiger partial charge >= 0.3 is 0 Å². The molecule has 5 N–H and O–H groups in total. The fraction of sp³-hybridized carbons (Fsp3) is 0.333. The summed E-state index contributed by atoms with van der Waals surface area (Å²) in [5.41, 5.74) is 14.9. The van der Waals surface area contributed by atoms with E-state index in [1.54, 1.807) is 17.8 Å². The Morgan fingerprint density at radius 1 is 1.29 bits per heavy atom. The van der Waals surface area contributed by atoms with Gasteiger partial charge in [0.25, 0.3) is 0 Å². The van der Waals surface area contributed by atoms with Gasteiger partial charge in [0.2, 0.25) is 0 Å². The molecule has 2 rings (SSSR count). The maximum atomic E-state index is 9.38. The summed E-state index contributed by atoms with van der Waals surface area (Å²) < 4.78 is 1.67. The molecule has 6 nitrogen and oxygen atoms in total. The first-order valence-electron chi connectivity index (χ1n) is 6.66. The normalized spacial score (nSPS) is 11.2. The number of anilines is 3. The third kappa shape index (κ3) is 2.50. The molecule has 1 aromatic heterocycles. The summed E-state index contributed by atoms with van der Waals surface area (Å²) in [6, 6.07) is 7.66. The molecule has 0 spiro atoms. The van der Waals surface area contributed by atoms with Gasteiger partial charge < -0.3 is 16.8 Å². The van der Waals surface area contributed by atoms with E-state index in [4.69, 9.17) is 11.5 Å². The maximum absolute atomic E-state index is 9.38. The number of benzene rings is 1. The molecule has 0 unspecified atom stereocenters. The standard InChI is InChI=1S/C15H20N6/c1-15(2,3)21-14(18)10(8-16)13(20-21)9-5-6-12(19-4)11(17)7-9/h5-7,19H,17-18H2,1-4H3. The van der Waals surface area contributed by atoms with Crippen LogP contribution in [-0.2, 0) is 5.54 Å². The van der Waals surface area contributed by atoms with E-state index in [1.807, 2.05) is 32.9 Å². The second-order valence-corrected chi connectivity index (χ2v) is 5.86. The van der Waals surface area contributed by atoms with E-state index in [0.717, 1.165) is 11.3 Å². The summed E-state index contributed by atoms with van der Waals surface area (Å²) in [7, 11) is 1.80. The Morgan fingerprint density at radius 2 is 1.95 bits per heavy atom. The molecule has 0 aliphatic carbocycles. The van der Waals surface area contributed by atoms with Crippen LogP contribution in [0.15, 0.2) is 18.2 Å². The van der Waals surface area contributed by atoms with Crippen LogP contribution in [0.5, 0.6) is 0 Å². The van der Waals surface area contributed by atoms with Crippen molar-refractivity contribution in [3.63, 3.8) is 0 Å². The van der Waals surface area contributed by atoms with Gasteiger partial charge in [0.1, 0.15) is 23.1 Å². The minimum atomic E-state index is -0.301. The Labute approximate surface area is 124 Å². The van der Waals surface area contributed by atoms with E-state index in [-0.39, 0.29) is 5.54 Å². The fourth-order valence-corrected chi connectivity index (χ4v) is 2.19. The van der Waals surface area contributed by atoms with Crippen LogP contribution in [0.3, 0.4) is 0 Å². The van der Waals surface area contributed by atoms with Crippen molar-refractivity contribution >= 4 is 17.2 Å². The van der Waals surface area contributed by atoms with Crippen molar-refractivity contribution in [3.8, 4) is 17.3 Å². The molecule has 21 heavy (non-hydrogen) atoms. The zero-order valence-electron chi connectivity index (χ0n) is 12.7. The number of nitrogens with zero attached hydrogens (tertiary/aromatic N) is 3. The fourth-order valence-electron chi connectivity index (χ4n) is 2.19. The highest BCUT2D eigenvalue weighted by Gasteiger charge is 2.24. The lowest BCUT2D eigenvalue weighted by molar-refractivity contribution is 0.362. The van der Waals surface area contributed by atoms with Crippen molar-refractivity contribution in [1.29, 1.82) is 5.26 Å². The van der Waals surface area contributed by atoms with Crippen LogP contribution in [-0.4, -0.2) is 16.8 Å². The molecular weight excluding hydrogens is 264 g/mol. The number of nitrogen functional groups attached to an aromatic ring is 2. The average Bonchev–Trinajstić information content (AvgIpc) is 2.75. The minimum absolute atomic E-state index is 0.301. The third-order valence-electron chi connectivity index (χ3n) is 3.26. The lowest BCUT2D eigenvalue weighted by atomic mass is 10.1. The molecule has 0 bridgehead atoms. The Balaban J connectivity index is 2.65. The van der Waals surface area contributed by atoms with Crippen molar-refractivity contribution in [1.82, 2.24) is 9.78 Å². The first-order chi connectivity index (χ1) is 9.79. The first kappa shape index (κ1) is 14.7. The summed E-state index contributed by atoms with van der Waals surface area (Å²) in [4.78, 5) is 0. The number of nitrogens with two attached hydrogens (primary N) is 2. The summed E-state index contributed by atoms with van der Waals surface area (Å²) in [5.74, 6) is 0.372. The highest BCUT2D eigenvalue weighted by molar-refractivity contribution is 5.79.